The molecule has 3 heterocycles. The van der Waals surface area contributed by atoms with Gasteiger partial charge in [-0.15, -0.1) is 0 Å². The van der Waals surface area contributed by atoms with Crippen LogP contribution in [-0.4, -0.2) is 59.4 Å². The number of hydrogen-bond donors (Lipinski definition) is 1. The lowest BCUT2D eigenvalue weighted by molar-refractivity contribution is 0.212. The monoisotopic (exact) mass is 294 g/mol. The lowest BCUT2D eigenvalue weighted by Gasteiger charge is -2.28. The maximum atomic E-state index is 9.39. The third-order valence-corrected chi connectivity index (χ3v) is 5.24. The molecule has 2 aliphatic heterocycles. The van der Waals surface area contributed by atoms with Gasteiger partial charge in [0.2, 0.25) is 0 Å². The molecule has 0 amide bonds. The molecule has 2 atom stereocenters. The van der Waals surface area contributed by atoms with E-state index in [2.05, 4.69) is 32.8 Å². The van der Waals surface area contributed by atoms with Gasteiger partial charge in [-0.05, 0) is 5.92 Å². The van der Waals surface area contributed by atoms with Crippen molar-refractivity contribution in [2.45, 2.75) is 6.92 Å². The number of nitrogens with zero attached hydrogens (tertiary/aromatic N) is 4. The minimum Gasteiger partial charge on any atom is -0.396 e. The minimum atomic E-state index is 0.263. The molecule has 1 aromatic rings. The van der Waals surface area contributed by atoms with E-state index in [1.54, 1.807) is 6.33 Å². The molecule has 2 fully saturated rings. The van der Waals surface area contributed by atoms with E-state index in [-0.39, 0.29) is 6.61 Å². The molecule has 1 N–H and O–H groups in total. The Morgan fingerprint density at radius 2 is 1.90 bits per heavy atom. The molecule has 20 heavy (non-hydrogen) atoms. The number of thioether (sulfide) groups is 1. The molecule has 2 aliphatic rings. The van der Waals surface area contributed by atoms with Crippen molar-refractivity contribution in [1.29, 1.82) is 0 Å². The molecule has 0 unspecified atom stereocenters. The summed E-state index contributed by atoms with van der Waals surface area (Å²) in [6.45, 7) is 6.46. The van der Waals surface area contributed by atoms with E-state index in [1.165, 1.54) is 11.5 Å². The van der Waals surface area contributed by atoms with Crippen LogP contribution < -0.4 is 9.80 Å². The summed E-state index contributed by atoms with van der Waals surface area (Å²) in [5.74, 6) is 5.26. The third-order valence-electron chi connectivity index (χ3n) is 4.30. The fourth-order valence-electron chi connectivity index (χ4n) is 2.93. The van der Waals surface area contributed by atoms with E-state index in [9.17, 15) is 5.11 Å². The quantitative estimate of drug-likeness (QED) is 0.901. The molecular formula is C14H22N4OS. The maximum Gasteiger partial charge on any atom is 0.134 e. The number of rotatable bonds is 3. The number of aliphatic hydroxyl groups is 1. The fourth-order valence-corrected chi connectivity index (χ4v) is 3.84. The molecule has 3 rings (SSSR count). The van der Waals surface area contributed by atoms with Gasteiger partial charge in [0.25, 0.3) is 0 Å². The van der Waals surface area contributed by atoms with E-state index < -0.39 is 0 Å². The van der Waals surface area contributed by atoms with Gasteiger partial charge in [-0.1, -0.05) is 6.92 Å². The van der Waals surface area contributed by atoms with Gasteiger partial charge in [0.15, 0.2) is 0 Å². The van der Waals surface area contributed by atoms with Crippen LogP contribution in [0.3, 0.4) is 0 Å². The molecule has 0 radical (unpaired) electrons. The number of aliphatic hydroxyl groups excluding tert-OH is 1. The summed E-state index contributed by atoms with van der Waals surface area (Å²) in [7, 11) is 0. The van der Waals surface area contributed by atoms with E-state index in [4.69, 9.17) is 0 Å². The van der Waals surface area contributed by atoms with Crippen molar-refractivity contribution in [2.24, 2.45) is 11.8 Å². The smallest absolute Gasteiger partial charge is 0.134 e. The van der Waals surface area contributed by atoms with Crippen molar-refractivity contribution in [3.8, 4) is 0 Å². The van der Waals surface area contributed by atoms with Gasteiger partial charge in [0.05, 0.1) is 0 Å². The van der Waals surface area contributed by atoms with Crippen molar-refractivity contribution in [3.05, 3.63) is 12.4 Å². The SMILES string of the molecule is C[C@@H]1CN(c2cc(N3CCSCC3)ncn2)C[C@H]1CO. The summed E-state index contributed by atoms with van der Waals surface area (Å²) >= 11 is 2.00. The van der Waals surface area contributed by atoms with E-state index in [0.29, 0.717) is 11.8 Å². The second kappa shape index (κ2) is 6.18. The number of anilines is 2. The van der Waals surface area contributed by atoms with Crippen LogP contribution in [0.2, 0.25) is 0 Å². The Bertz CT molecular complexity index is 453. The molecule has 5 nitrogen and oxygen atoms in total. The standard InChI is InChI=1S/C14H22N4OS/c1-11-7-18(8-12(11)9-19)14-6-13(15-10-16-14)17-2-4-20-5-3-17/h6,10-12,19H,2-5,7-9H2,1H3/t11-,12+/m1/s1. The van der Waals surface area contributed by atoms with Crippen LogP contribution in [0.5, 0.6) is 0 Å². The first-order chi connectivity index (χ1) is 9.78. The second-order valence-corrected chi connectivity index (χ2v) is 6.88. The van der Waals surface area contributed by atoms with Crippen LogP contribution in [0.25, 0.3) is 0 Å². The first-order valence-electron chi connectivity index (χ1n) is 7.28. The van der Waals surface area contributed by atoms with Gasteiger partial charge in [0, 0.05) is 56.3 Å². The lowest BCUT2D eigenvalue weighted by atomic mass is 10.00. The van der Waals surface area contributed by atoms with Crippen molar-refractivity contribution in [3.63, 3.8) is 0 Å². The summed E-state index contributed by atoms with van der Waals surface area (Å²) in [6, 6.07) is 2.10. The van der Waals surface area contributed by atoms with Gasteiger partial charge >= 0.3 is 0 Å². The summed E-state index contributed by atoms with van der Waals surface area (Å²) in [4.78, 5) is 13.5. The highest BCUT2D eigenvalue weighted by molar-refractivity contribution is 7.99. The van der Waals surface area contributed by atoms with Gasteiger partial charge in [-0.3, -0.25) is 0 Å². The van der Waals surface area contributed by atoms with E-state index in [0.717, 1.165) is 37.8 Å². The van der Waals surface area contributed by atoms with Crippen molar-refractivity contribution >= 4 is 23.4 Å². The van der Waals surface area contributed by atoms with Crippen LogP contribution in [0, 0.1) is 11.8 Å². The van der Waals surface area contributed by atoms with E-state index in [1.807, 2.05) is 11.8 Å². The second-order valence-electron chi connectivity index (χ2n) is 5.66. The number of aromatic nitrogens is 2. The van der Waals surface area contributed by atoms with Crippen molar-refractivity contribution < 1.29 is 5.11 Å². The first kappa shape index (κ1) is 13.9. The van der Waals surface area contributed by atoms with Gasteiger partial charge in [-0.25, -0.2) is 9.97 Å². The highest BCUT2D eigenvalue weighted by atomic mass is 32.2. The summed E-state index contributed by atoms with van der Waals surface area (Å²) in [5.41, 5.74) is 0. The van der Waals surface area contributed by atoms with Gasteiger partial charge in [0.1, 0.15) is 18.0 Å². The van der Waals surface area contributed by atoms with Crippen LogP contribution in [0.15, 0.2) is 12.4 Å². The number of hydrogen-bond acceptors (Lipinski definition) is 6. The average molecular weight is 294 g/mol. The van der Waals surface area contributed by atoms with Crippen LogP contribution in [0.4, 0.5) is 11.6 Å². The topological polar surface area (TPSA) is 52.5 Å². The molecule has 0 aliphatic carbocycles. The zero-order valence-electron chi connectivity index (χ0n) is 11.9. The zero-order valence-corrected chi connectivity index (χ0v) is 12.7. The summed E-state index contributed by atoms with van der Waals surface area (Å²) in [6.07, 6.45) is 1.67. The molecule has 0 aromatic carbocycles. The molecule has 6 heteroatoms. The summed E-state index contributed by atoms with van der Waals surface area (Å²) < 4.78 is 0. The average Bonchev–Trinajstić information content (AvgIpc) is 2.89. The molecule has 0 saturated carbocycles. The highest BCUT2D eigenvalue weighted by Crippen LogP contribution is 2.28. The Balaban J connectivity index is 1.74. The lowest BCUT2D eigenvalue weighted by Crippen LogP contribution is -2.33. The molecule has 110 valence electrons. The highest BCUT2D eigenvalue weighted by Gasteiger charge is 2.30. The Labute approximate surface area is 124 Å². The normalized spacial score (nSPS) is 27.1. The predicted octanol–water partition coefficient (Wildman–Crippen LogP) is 1.09. The van der Waals surface area contributed by atoms with Gasteiger partial charge < -0.3 is 14.9 Å². The third kappa shape index (κ3) is 2.86. The molecule has 0 spiro atoms. The Morgan fingerprint density at radius 3 is 2.55 bits per heavy atom. The van der Waals surface area contributed by atoms with Crippen LogP contribution in [0.1, 0.15) is 6.92 Å². The Hall–Kier alpha value is -1.01. The summed E-state index contributed by atoms with van der Waals surface area (Å²) in [5, 5.41) is 9.39. The fraction of sp³-hybridized carbons (Fsp3) is 0.714. The largest absolute Gasteiger partial charge is 0.396 e. The predicted molar refractivity (Wildman–Crippen MR) is 83.5 cm³/mol. The molecule has 2 saturated heterocycles. The van der Waals surface area contributed by atoms with Crippen molar-refractivity contribution in [2.75, 3.05) is 54.1 Å². The van der Waals surface area contributed by atoms with Crippen LogP contribution >= 0.6 is 11.8 Å². The maximum absolute atomic E-state index is 9.39. The van der Waals surface area contributed by atoms with Crippen molar-refractivity contribution in [1.82, 2.24) is 9.97 Å². The van der Waals surface area contributed by atoms with Crippen LogP contribution in [-0.2, 0) is 0 Å². The molecule has 1 aromatic heterocycles. The van der Waals surface area contributed by atoms with Gasteiger partial charge in [-0.2, -0.15) is 11.8 Å². The minimum absolute atomic E-state index is 0.263. The Kier molecular flexibility index (Phi) is 4.31. The van der Waals surface area contributed by atoms with E-state index >= 15 is 0 Å². The zero-order chi connectivity index (χ0) is 13.9. The molecule has 0 bridgehead atoms. The first-order valence-corrected chi connectivity index (χ1v) is 8.44. The Morgan fingerprint density at radius 1 is 1.20 bits per heavy atom. The molecular weight excluding hydrogens is 272 g/mol.